The molecular weight excluding hydrogens is 328 g/mol. The molecular formula is C17H14N2O4S. The average Bonchev–Trinajstić information content (AvgIpc) is 2.59. The van der Waals surface area contributed by atoms with E-state index in [9.17, 15) is 8.42 Å². The molecule has 2 aromatic carbocycles. The number of benzene rings is 2. The van der Waals surface area contributed by atoms with Crippen molar-refractivity contribution in [3.63, 3.8) is 0 Å². The van der Waals surface area contributed by atoms with Crippen LogP contribution < -0.4 is 14.8 Å². The van der Waals surface area contributed by atoms with Crippen molar-refractivity contribution in [2.24, 2.45) is 4.40 Å². The highest BCUT2D eigenvalue weighted by atomic mass is 32.2. The van der Waals surface area contributed by atoms with Gasteiger partial charge in [-0.2, -0.15) is 8.42 Å². The molecule has 0 unspecified atom stereocenters. The molecule has 0 saturated heterocycles. The molecule has 1 aliphatic rings. The Kier molecular flexibility index (Phi) is 4.15. The van der Waals surface area contributed by atoms with Crippen molar-refractivity contribution in [1.82, 2.24) is 0 Å². The lowest BCUT2D eigenvalue weighted by atomic mass is 10.1. The van der Waals surface area contributed by atoms with E-state index >= 15 is 0 Å². The van der Waals surface area contributed by atoms with Gasteiger partial charge in [0.2, 0.25) is 0 Å². The second-order valence-corrected chi connectivity index (χ2v) is 6.47. The van der Waals surface area contributed by atoms with E-state index in [1.54, 1.807) is 36.4 Å². The molecule has 24 heavy (non-hydrogen) atoms. The standard InChI is InChI=1S/C17H14N2O4S/c1-3-10-23-15-11-12(8-9-14(15)22-2)17-18-13-6-4-5-7-16(13)24(20,21)19-17/h1,4-9,11H,10H2,2H3,(H,18,19). The van der Waals surface area contributed by atoms with Crippen LogP contribution in [0, 0.1) is 12.3 Å². The van der Waals surface area contributed by atoms with Crippen molar-refractivity contribution in [2.45, 2.75) is 4.90 Å². The maximum Gasteiger partial charge on any atom is 0.286 e. The molecule has 7 heteroatoms. The second kappa shape index (κ2) is 6.26. The molecule has 122 valence electrons. The van der Waals surface area contributed by atoms with Crippen LogP contribution in [-0.2, 0) is 10.0 Å². The Morgan fingerprint density at radius 3 is 2.75 bits per heavy atom. The molecule has 6 nitrogen and oxygen atoms in total. The van der Waals surface area contributed by atoms with Crippen molar-refractivity contribution >= 4 is 21.5 Å². The molecule has 3 rings (SSSR count). The van der Waals surface area contributed by atoms with Gasteiger partial charge in [-0.1, -0.05) is 18.1 Å². The number of amidine groups is 1. The number of rotatable bonds is 4. The molecule has 1 N–H and O–H groups in total. The molecule has 0 bridgehead atoms. The zero-order chi connectivity index (χ0) is 17.2. The minimum absolute atomic E-state index is 0.0703. The number of nitrogens with one attached hydrogen (secondary N) is 1. The molecule has 0 fully saturated rings. The molecule has 0 aliphatic carbocycles. The van der Waals surface area contributed by atoms with Gasteiger partial charge in [0.1, 0.15) is 11.5 Å². The summed E-state index contributed by atoms with van der Waals surface area (Å²) in [6.45, 7) is 0.0703. The summed E-state index contributed by atoms with van der Waals surface area (Å²) in [7, 11) is -2.26. The van der Waals surface area contributed by atoms with Gasteiger partial charge in [-0.25, -0.2) is 0 Å². The highest BCUT2D eigenvalue weighted by Crippen LogP contribution is 2.31. The third kappa shape index (κ3) is 2.92. The van der Waals surface area contributed by atoms with Crippen LogP contribution in [0.5, 0.6) is 11.5 Å². The first kappa shape index (κ1) is 15.9. The molecule has 0 spiro atoms. The van der Waals surface area contributed by atoms with Gasteiger partial charge in [-0.05, 0) is 30.3 Å². The van der Waals surface area contributed by atoms with E-state index in [-0.39, 0.29) is 17.3 Å². The summed E-state index contributed by atoms with van der Waals surface area (Å²) in [5.74, 6) is 3.49. The van der Waals surface area contributed by atoms with Crippen LogP contribution in [0.1, 0.15) is 5.56 Å². The summed E-state index contributed by atoms with van der Waals surface area (Å²) in [6, 6.07) is 11.6. The molecule has 0 radical (unpaired) electrons. The summed E-state index contributed by atoms with van der Waals surface area (Å²) in [5, 5.41) is 3.02. The predicted molar refractivity (Wildman–Crippen MR) is 91.1 cm³/mol. The molecule has 0 atom stereocenters. The topological polar surface area (TPSA) is 77.0 Å². The normalized spacial score (nSPS) is 14.6. The van der Waals surface area contributed by atoms with Gasteiger partial charge in [0.05, 0.1) is 12.8 Å². The van der Waals surface area contributed by atoms with Gasteiger partial charge in [-0.3, -0.25) is 0 Å². The lowest BCUT2D eigenvalue weighted by Gasteiger charge is -2.19. The molecule has 2 aromatic rings. The highest BCUT2D eigenvalue weighted by molar-refractivity contribution is 7.90. The minimum atomic E-state index is -3.76. The van der Waals surface area contributed by atoms with E-state index < -0.39 is 10.0 Å². The summed E-state index contributed by atoms with van der Waals surface area (Å²) >= 11 is 0. The number of methoxy groups -OCH3 is 1. The number of hydrogen-bond acceptors (Lipinski definition) is 5. The van der Waals surface area contributed by atoms with Crippen LogP contribution >= 0.6 is 0 Å². The van der Waals surface area contributed by atoms with Crippen LogP contribution in [0.25, 0.3) is 0 Å². The third-order valence-electron chi connectivity index (χ3n) is 3.38. The van der Waals surface area contributed by atoms with Crippen LogP contribution in [0.3, 0.4) is 0 Å². The number of fused-ring (bicyclic) bond motifs is 1. The fourth-order valence-electron chi connectivity index (χ4n) is 2.30. The quantitative estimate of drug-likeness (QED) is 0.863. The van der Waals surface area contributed by atoms with E-state index in [1.165, 1.54) is 13.2 Å². The summed E-state index contributed by atoms with van der Waals surface area (Å²) in [4.78, 5) is 0.145. The lowest BCUT2D eigenvalue weighted by Crippen LogP contribution is -2.22. The fraction of sp³-hybridized carbons (Fsp3) is 0.118. The van der Waals surface area contributed by atoms with Crippen molar-refractivity contribution in [3.05, 3.63) is 48.0 Å². The number of terminal acetylenes is 1. The molecule has 0 amide bonds. The van der Waals surface area contributed by atoms with Gasteiger partial charge < -0.3 is 14.8 Å². The summed E-state index contributed by atoms with van der Waals surface area (Å²) in [6.07, 6.45) is 5.21. The van der Waals surface area contributed by atoms with Gasteiger partial charge in [0.15, 0.2) is 17.3 Å². The number of para-hydroxylation sites is 1. The van der Waals surface area contributed by atoms with Gasteiger partial charge in [0.25, 0.3) is 10.0 Å². The van der Waals surface area contributed by atoms with Crippen LogP contribution in [0.15, 0.2) is 51.8 Å². The van der Waals surface area contributed by atoms with Crippen LogP contribution in [-0.4, -0.2) is 28.0 Å². The Bertz CT molecular complexity index is 959. The maximum absolute atomic E-state index is 12.3. The Balaban J connectivity index is 2.04. The lowest BCUT2D eigenvalue weighted by molar-refractivity contribution is 0.331. The highest BCUT2D eigenvalue weighted by Gasteiger charge is 2.25. The smallest absolute Gasteiger partial charge is 0.286 e. The monoisotopic (exact) mass is 342 g/mol. The largest absolute Gasteiger partial charge is 0.493 e. The number of anilines is 1. The molecule has 1 aliphatic heterocycles. The summed E-state index contributed by atoms with van der Waals surface area (Å²) < 4.78 is 39.1. The molecule has 0 saturated carbocycles. The van der Waals surface area contributed by atoms with Crippen molar-refractivity contribution < 1.29 is 17.9 Å². The van der Waals surface area contributed by atoms with Crippen molar-refractivity contribution in [3.8, 4) is 23.8 Å². The van der Waals surface area contributed by atoms with Crippen molar-refractivity contribution in [2.75, 3.05) is 19.0 Å². The zero-order valence-corrected chi connectivity index (χ0v) is 13.6. The van der Waals surface area contributed by atoms with Gasteiger partial charge in [-0.15, -0.1) is 10.8 Å². The predicted octanol–water partition coefficient (Wildman–Crippen LogP) is 2.27. The number of nitrogens with zero attached hydrogens (tertiary/aromatic N) is 1. The SMILES string of the molecule is C#CCOc1cc(C2=NS(=O)(=O)c3ccccc3N2)ccc1OC. The van der Waals surface area contributed by atoms with Crippen molar-refractivity contribution in [1.29, 1.82) is 0 Å². The van der Waals surface area contributed by atoms with E-state index in [4.69, 9.17) is 15.9 Å². The first-order chi connectivity index (χ1) is 11.5. The summed E-state index contributed by atoms with van der Waals surface area (Å²) in [5.41, 5.74) is 1.02. The Labute approximate surface area is 140 Å². The first-order valence-corrected chi connectivity index (χ1v) is 8.45. The van der Waals surface area contributed by atoms with E-state index in [0.717, 1.165) is 0 Å². The van der Waals surface area contributed by atoms with E-state index in [1.807, 2.05) is 0 Å². The zero-order valence-electron chi connectivity index (χ0n) is 12.8. The number of sulfonamides is 1. The van der Waals surface area contributed by atoms with E-state index in [2.05, 4.69) is 15.6 Å². The number of ether oxygens (including phenoxy) is 2. The fourth-order valence-corrected chi connectivity index (χ4v) is 3.43. The van der Waals surface area contributed by atoms with Crippen LogP contribution in [0.2, 0.25) is 0 Å². The molecule has 0 aromatic heterocycles. The molecule has 1 heterocycles. The Morgan fingerprint density at radius 2 is 2.00 bits per heavy atom. The second-order valence-electron chi connectivity index (χ2n) is 4.89. The minimum Gasteiger partial charge on any atom is -0.493 e. The maximum atomic E-state index is 12.3. The van der Waals surface area contributed by atoms with Gasteiger partial charge >= 0.3 is 0 Å². The van der Waals surface area contributed by atoms with Gasteiger partial charge in [0, 0.05) is 5.56 Å². The third-order valence-corrected chi connectivity index (χ3v) is 4.71. The van der Waals surface area contributed by atoms with Crippen LogP contribution in [0.4, 0.5) is 5.69 Å². The Morgan fingerprint density at radius 1 is 1.21 bits per heavy atom. The van der Waals surface area contributed by atoms with E-state index in [0.29, 0.717) is 22.7 Å². The number of hydrogen-bond donors (Lipinski definition) is 1. The average molecular weight is 342 g/mol. The Hall–Kier alpha value is -2.98. The first-order valence-electron chi connectivity index (χ1n) is 7.01.